The Morgan fingerprint density at radius 1 is 1.17 bits per heavy atom. The average molecular weight is 323 g/mol. The summed E-state index contributed by atoms with van der Waals surface area (Å²) in [5.74, 6) is -2.35. The van der Waals surface area contributed by atoms with Crippen LogP contribution in [-0.2, 0) is 9.59 Å². The number of carbonyl (C=O) groups is 3. The molecule has 0 spiro atoms. The zero-order valence-electron chi connectivity index (χ0n) is 12.4. The fraction of sp³-hybridized carbons (Fsp3) is 0.438. The molecule has 1 heterocycles. The standard InChI is InChI=1S/C16H18FNO5/c17-11-3-1-10(2-4-11)14(20)5-6-15(21)18-8-7-12(19)9-13(18)16(22)23/h1-4,12-13,19H,5-9H2,(H,22,23)/t12-,13+/m0/s1. The molecule has 1 aromatic rings. The molecule has 1 saturated heterocycles. The van der Waals surface area contributed by atoms with Gasteiger partial charge in [0.15, 0.2) is 5.78 Å². The maximum atomic E-state index is 12.8. The van der Waals surface area contributed by atoms with Crippen LogP contribution in [0, 0.1) is 5.82 Å². The van der Waals surface area contributed by atoms with Crippen LogP contribution in [-0.4, -0.2) is 51.5 Å². The summed E-state index contributed by atoms with van der Waals surface area (Å²) >= 11 is 0. The number of likely N-dealkylation sites (tertiary alicyclic amines) is 1. The van der Waals surface area contributed by atoms with Crippen LogP contribution in [0.3, 0.4) is 0 Å². The number of halogens is 1. The highest BCUT2D eigenvalue weighted by Crippen LogP contribution is 2.20. The summed E-state index contributed by atoms with van der Waals surface area (Å²) in [6, 6.07) is 3.97. The number of amides is 1. The summed E-state index contributed by atoms with van der Waals surface area (Å²) in [6.45, 7) is 0.154. The van der Waals surface area contributed by atoms with Crippen LogP contribution < -0.4 is 0 Å². The summed E-state index contributed by atoms with van der Waals surface area (Å²) in [7, 11) is 0. The Kier molecular flexibility index (Phi) is 5.44. The average Bonchev–Trinajstić information content (AvgIpc) is 2.52. The van der Waals surface area contributed by atoms with E-state index >= 15 is 0 Å². The summed E-state index contributed by atoms with van der Waals surface area (Å²) in [4.78, 5) is 36.5. The first-order chi connectivity index (χ1) is 10.9. The Labute approximate surface area is 132 Å². The van der Waals surface area contributed by atoms with Gasteiger partial charge in [0, 0.05) is 31.4 Å². The van der Waals surface area contributed by atoms with Crippen molar-refractivity contribution in [2.24, 2.45) is 0 Å². The number of benzene rings is 1. The minimum Gasteiger partial charge on any atom is -0.480 e. The molecular weight excluding hydrogens is 305 g/mol. The molecule has 6 nitrogen and oxygen atoms in total. The third-order valence-electron chi connectivity index (χ3n) is 3.91. The maximum absolute atomic E-state index is 12.8. The number of hydrogen-bond donors (Lipinski definition) is 2. The van der Waals surface area contributed by atoms with Crippen LogP contribution in [0.5, 0.6) is 0 Å². The first-order valence-electron chi connectivity index (χ1n) is 7.37. The zero-order valence-corrected chi connectivity index (χ0v) is 12.4. The number of carbonyl (C=O) groups excluding carboxylic acids is 2. The summed E-state index contributed by atoms with van der Waals surface area (Å²) < 4.78 is 12.8. The van der Waals surface area contributed by atoms with Gasteiger partial charge in [0.2, 0.25) is 5.91 Å². The minimum atomic E-state index is -1.16. The van der Waals surface area contributed by atoms with Crippen molar-refractivity contribution in [2.45, 2.75) is 37.8 Å². The van der Waals surface area contributed by atoms with E-state index in [0.717, 1.165) is 0 Å². The molecule has 2 N–H and O–H groups in total. The smallest absolute Gasteiger partial charge is 0.326 e. The molecule has 7 heteroatoms. The van der Waals surface area contributed by atoms with Gasteiger partial charge in [0.05, 0.1) is 6.10 Å². The number of piperidine rings is 1. The lowest BCUT2D eigenvalue weighted by Gasteiger charge is -2.35. The van der Waals surface area contributed by atoms with E-state index in [1.54, 1.807) is 0 Å². The number of aliphatic hydroxyl groups is 1. The molecule has 1 fully saturated rings. The first-order valence-corrected chi connectivity index (χ1v) is 7.37. The molecule has 0 radical (unpaired) electrons. The van der Waals surface area contributed by atoms with Crippen LogP contribution in [0.1, 0.15) is 36.0 Å². The molecule has 124 valence electrons. The van der Waals surface area contributed by atoms with Gasteiger partial charge in [-0.2, -0.15) is 0 Å². The van der Waals surface area contributed by atoms with Gasteiger partial charge in [0.25, 0.3) is 0 Å². The van der Waals surface area contributed by atoms with Crippen molar-refractivity contribution >= 4 is 17.7 Å². The Hall–Kier alpha value is -2.28. The molecule has 0 saturated carbocycles. The highest BCUT2D eigenvalue weighted by atomic mass is 19.1. The third-order valence-corrected chi connectivity index (χ3v) is 3.91. The molecule has 2 atom stereocenters. The van der Waals surface area contributed by atoms with Gasteiger partial charge < -0.3 is 15.1 Å². The molecular formula is C16H18FNO5. The predicted octanol–water partition coefficient (Wildman–Crippen LogP) is 1.23. The third kappa shape index (κ3) is 4.35. The van der Waals surface area contributed by atoms with Gasteiger partial charge >= 0.3 is 5.97 Å². The number of aliphatic hydroxyl groups excluding tert-OH is 1. The van der Waals surface area contributed by atoms with Gasteiger partial charge in [-0.15, -0.1) is 0 Å². The number of carboxylic acid groups (broad SMARTS) is 1. The van der Waals surface area contributed by atoms with Gasteiger partial charge in [-0.3, -0.25) is 9.59 Å². The SMILES string of the molecule is O=C(CCC(=O)N1CC[C@H](O)C[C@@H]1C(=O)O)c1ccc(F)cc1. The monoisotopic (exact) mass is 323 g/mol. The van der Waals surface area contributed by atoms with E-state index in [1.165, 1.54) is 29.2 Å². The molecule has 1 aliphatic rings. The van der Waals surface area contributed by atoms with Gasteiger partial charge in [0.1, 0.15) is 11.9 Å². The summed E-state index contributed by atoms with van der Waals surface area (Å²) in [6.07, 6.45) is -0.610. The fourth-order valence-electron chi connectivity index (χ4n) is 2.62. The van der Waals surface area contributed by atoms with E-state index in [0.29, 0.717) is 12.0 Å². The second-order valence-electron chi connectivity index (χ2n) is 5.55. The second kappa shape index (κ2) is 7.32. The van der Waals surface area contributed by atoms with E-state index in [1.807, 2.05) is 0 Å². The Morgan fingerprint density at radius 3 is 2.43 bits per heavy atom. The van der Waals surface area contributed by atoms with Crippen LogP contribution in [0.4, 0.5) is 4.39 Å². The van der Waals surface area contributed by atoms with Crippen LogP contribution in [0.15, 0.2) is 24.3 Å². The lowest BCUT2D eigenvalue weighted by molar-refractivity contribution is -0.154. The maximum Gasteiger partial charge on any atom is 0.326 e. The Morgan fingerprint density at radius 2 is 1.83 bits per heavy atom. The first kappa shape index (κ1) is 17.1. The van der Waals surface area contributed by atoms with E-state index < -0.39 is 29.8 Å². The second-order valence-corrected chi connectivity index (χ2v) is 5.55. The van der Waals surface area contributed by atoms with E-state index in [9.17, 15) is 23.9 Å². The van der Waals surface area contributed by atoms with Crippen molar-refractivity contribution in [2.75, 3.05) is 6.54 Å². The normalized spacial score (nSPS) is 21.0. The van der Waals surface area contributed by atoms with Crippen LogP contribution >= 0.6 is 0 Å². The number of Topliss-reactive ketones (excluding diaryl/α,β-unsaturated/α-hetero) is 1. The van der Waals surface area contributed by atoms with Crippen molar-refractivity contribution in [3.63, 3.8) is 0 Å². The van der Waals surface area contributed by atoms with Gasteiger partial charge in [-0.05, 0) is 30.7 Å². The zero-order chi connectivity index (χ0) is 17.0. The number of rotatable bonds is 5. The highest BCUT2D eigenvalue weighted by molar-refractivity contribution is 5.98. The molecule has 0 aliphatic carbocycles. The van der Waals surface area contributed by atoms with Crippen molar-refractivity contribution < 1.29 is 29.0 Å². The van der Waals surface area contributed by atoms with Crippen molar-refractivity contribution in [1.82, 2.24) is 4.90 Å². The number of nitrogens with zero attached hydrogens (tertiary/aromatic N) is 1. The molecule has 23 heavy (non-hydrogen) atoms. The van der Waals surface area contributed by atoms with Crippen LogP contribution in [0.25, 0.3) is 0 Å². The highest BCUT2D eigenvalue weighted by Gasteiger charge is 2.35. The predicted molar refractivity (Wildman–Crippen MR) is 78.3 cm³/mol. The molecule has 0 unspecified atom stereocenters. The largest absolute Gasteiger partial charge is 0.480 e. The number of carboxylic acids is 1. The quantitative estimate of drug-likeness (QED) is 0.795. The molecule has 0 aromatic heterocycles. The number of hydrogen-bond acceptors (Lipinski definition) is 4. The summed E-state index contributed by atoms with van der Waals surface area (Å²) in [5, 5.41) is 18.7. The molecule has 0 bridgehead atoms. The Balaban J connectivity index is 1.94. The molecule has 1 aromatic carbocycles. The molecule has 1 aliphatic heterocycles. The van der Waals surface area contributed by atoms with Gasteiger partial charge in [-0.25, -0.2) is 9.18 Å². The van der Waals surface area contributed by atoms with Crippen molar-refractivity contribution in [1.29, 1.82) is 0 Å². The molecule has 1 amide bonds. The Bertz CT molecular complexity index is 601. The fourth-order valence-corrected chi connectivity index (χ4v) is 2.62. The van der Waals surface area contributed by atoms with E-state index in [-0.39, 0.29) is 31.6 Å². The summed E-state index contributed by atoms with van der Waals surface area (Å²) in [5.41, 5.74) is 0.308. The molecule has 2 rings (SSSR count). The van der Waals surface area contributed by atoms with Crippen molar-refractivity contribution in [3.05, 3.63) is 35.6 Å². The van der Waals surface area contributed by atoms with E-state index in [2.05, 4.69) is 0 Å². The number of aliphatic carboxylic acids is 1. The number of ketones is 1. The van der Waals surface area contributed by atoms with E-state index in [4.69, 9.17) is 5.11 Å². The lowest BCUT2D eigenvalue weighted by atomic mass is 9.98. The van der Waals surface area contributed by atoms with Crippen LogP contribution in [0.2, 0.25) is 0 Å². The van der Waals surface area contributed by atoms with Gasteiger partial charge in [-0.1, -0.05) is 0 Å². The minimum absolute atomic E-state index is 0.00696. The topological polar surface area (TPSA) is 94.9 Å². The lowest BCUT2D eigenvalue weighted by Crippen LogP contribution is -2.51. The van der Waals surface area contributed by atoms with Crippen molar-refractivity contribution in [3.8, 4) is 0 Å².